The summed E-state index contributed by atoms with van der Waals surface area (Å²) in [5.74, 6) is 0.543. The summed E-state index contributed by atoms with van der Waals surface area (Å²) in [5.41, 5.74) is 0.832. The topological polar surface area (TPSA) is 55.9 Å². The van der Waals surface area contributed by atoms with Crippen LogP contribution in [0, 0.1) is 5.92 Å². The minimum absolute atomic E-state index is 0.0675. The zero-order valence-corrected chi connectivity index (χ0v) is 24.5. The van der Waals surface area contributed by atoms with Crippen molar-refractivity contribution in [2.24, 2.45) is 5.92 Å². The summed E-state index contributed by atoms with van der Waals surface area (Å²) in [6, 6.07) is 20.1. The number of benzene rings is 3. The second kappa shape index (κ2) is 11.1. The van der Waals surface area contributed by atoms with Crippen molar-refractivity contribution in [1.29, 1.82) is 0 Å². The van der Waals surface area contributed by atoms with E-state index < -0.39 is 0 Å². The van der Waals surface area contributed by atoms with E-state index in [2.05, 4.69) is 78.0 Å². The number of amides is 2. The van der Waals surface area contributed by atoms with E-state index in [9.17, 15) is 9.59 Å². The Morgan fingerprint density at radius 1 is 0.775 bits per heavy atom. The van der Waals surface area contributed by atoms with E-state index in [1.807, 2.05) is 24.3 Å². The number of nitrogens with zero attached hydrogens (tertiary/aromatic N) is 3. The van der Waals surface area contributed by atoms with Crippen molar-refractivity contribution in [2.75, 3.05) is 26.2 Å². The van der Waals surface area contributed by atoms with Crippen LogP contribution >= 0.6 is 0 Å². The Hall–Kier alpha value is -2.96. The van der Waals surface area contributed by atoms with Crippen LogP contribution in [0.5, 0.6) is 0 Å². The predicted octanol–water partition coefficient (Wildman–Crippen LogP) is 5.30. The Bertz CT molecular complexity index is 1330. The van der Waals surface area contributed by atoms with E-state index in [1.165, 1.54) is 0 Å². The number of piperidine rings is 2. The molecule has 3 aromatic carbocycles. The summed E-state index contributed by atoms with van der Waals surface area (Å²) < 4.78 is 0. The van der Waals surface area contributed by atoms with Gasteiger partial charge in [0.05, 0.1) is 11.5 Å². The molecule has 40 heavy (non-hydrogen) atoms. The van der Waals surface area contributed by atoms with Gasteiger partial charge in [-0.15, -0.1) is 0 Å². The maximum Gasteiger partial charge on any atom is 0.255 e. The van der Waals surface area contributed by atoms with Crippen molar-refractivity contribution in [2.45, 2.75) is 83.6 Å². The molecular weight excluding hydrogens is 496 g/mol. The maximum absolute atomic E-state index is 14.0. The van der Waals surface area contributed by atoms with Gasteiger partial charge in [-0.25, -0.2) is 0 Å². The molecule has 6 rings (SSSR count). The molecule has 4 unspecified atom stereocenters. The lowest BCUT2D eigenvalue weighted by molar-refractivity contribution is -0.146. The molecule has 0 radical (unpaired) electrons. The Kier molecular flexibility index (Phi) is 7.58. The minimum Gasteiger partial charge on any atom is -0.338 e. The summed E-state index contributed by atoms with van der Waals surface area (Å²) >= 11 is 0. The Labute approximate surface area is 238 Å². The van der Waals surface area contributed by atoms with E-state index in [-0.39, 0.29) is 23.9 Å². The molecular formula is C34H44N4O2. The van der Waals surface area contributed by atoms with E-state index >= 15 is 0 Å². The molecule has 5 atom stereocenters. The van der Waals surface area contributed by atoms with Crippen LogP contribution in [0.25, 0.3) is 21.5 Å². The smallest absolute Gasteiger partial charge is 0.255 e. The first-order valence-corrected chi connectivity index (χ1v) is 15.4. The van der Waals surface area contributed by atoms with Crippen molar-refractivity contribution in [1.82, 2.24) is 20.0 Å². The Morgan fingerprint density at radius 2 is 1.35 bits per heavy atom. The zero-order valence-electron chi connectivity index (χ0n) is 24.5. The fraction of sp³-hybridized carbons (Fsp3) is 0.529. The fourth-order valence-corrected chi connectivity index (χ4v) is 7.53. The molecule has 0 spiro atoms. The largest absolute Gasteiger partial charge is 0.338 e. The number of likely N-dealkylation sites (tertiary alicyclic amines) is 2. The molecule has 0 bridgehead atoms. The summed E-state index contributed by atoms with van der Waals surface area (Å²) in [4.78, 5) is 34.6. The van der Waals surface area contributed by atoms with Gasteiger partial charge in [0.2, 0.25) is 5.91 Å². The summed E-state index contributed by atoms with van der Waals surface area (Å²) in [5, 5.41) is 7.92. The van der Waals surface area contributed by atoms with Gasteiger partial charge in [-0.2, -0.15) is 0 Å². The normalized spacial score (nSPS) is 28.8. The van der Waals surface area contributed by atoms with E-state index in [0.29, 0.717) is 24.0 Å². The molecule has 3 aliphatic heterocycles. The van der Waals surface area contributed by atoms with Crippen LogP contribution in [0.2, 0.25) is 0 Å². The van der Waals surface area contributed by atoms with Crippen LogP contribution in [0.15, 0.2) is 54.6 Å². The first-order valence-electron chi connectivity index (χ1n) is 15.4. The number of hydrogen-bond acceptors (Lipinski definition) is 4. The minimum atomic E-state index is 0.0675. The standard InChI is InChI=1S/C34H44N4O2/c1-22-24(3)38(25(4)23(2)35-22)33(39)28-12-9-17-37(21-28)29-15-18-36(19-16-29)34(40)32-30-13-7-5-10-26(30)20-27-11-6-8-14-31(27)32/h5-8,10-11,13-14,20,22-25,28-29,35H,9,12,15-19,21H2,1-4H3/t22?,23?,24?,25?,28-/m1/s1. The van der Waals surface area contributed by atoms with Crippen molar-refractivity contribution >= 4 is 33.4 Å². The number of rotatable bonds is 3. The van der Waals surface area contributed by atoms with Crippen LogP contribution in [-0.2, 0) is 4.79 Å². The molecule has 3 fully saturated rings. The van der Waals surface area contributed by atoms with Gasteiger partial charge in [-0.05, 0) is 87.5 Å². The highest BCUT2D eigenvalue weighted by molar-refractivity contribution is 6.18. The molecule has 6 nitrogen and oxygen atoms in total. The van der Waals surface area contributed by atoms with Crippen LogP contribution in [0.4, 0.5) is 0 Å². The van der Waals surface area contributed by atoms with Crippen LogP contribution < -0.4 is 5.32 Å². The molecule has 0 aromatic heterocycles. The second-order valence-electron chi connectivity index (χ2n) is 12.5. The monoisotopic (exact) mass is 540 g/mol. The van der Waals surface area contributed by atoms with Gasteiger partial charge < -0.3 is 15.1 Å². The van der Waals surface area contributed by atoms with Crippen molar-refractivity contribution in [3.63, 3.8) is 0 Å². The number of carbonyl (C=O) groups excluding carboxylic acids is 2. The molecule has 3 heterocycles. The molecule has 3 saturated heterocycles. The number of carbonyl (C=O) groups is 2. The van der Waals surface area contributed by atoms with Crippen LogP contribution in [-0.4, -0.2) is 82.9 Å². The molecule has 3 aliphatic rings. The van der Waals surface area contributed by atoms with Crippen molar-refractivity contribution in [3.8, 4) is 0 Å². The molecule has 6 heteroatoms. The molecule has 2 amide bonds. The molecule has 1 N–H and O–H groups in total. The van der Waals surface area contributed by atoms with Gasteiger partial charge in [-0.3, -0.25) is 14.5 Å². The second-order valence-corrected chi connectivity index (χ2v) is 12.5. The lowest BCUT2D eigenvalue weighted by Gasteiger charge is -2.49. The van der Waals surface area contributed by atoms with Gasteiger partial charge in [0.1, 0.15) is 0 Å². The molecule has 0 aliphatic carbocycles. The van der Waals surface area contributed by atoms with Crippen molar-refractivity contribution < 1.29 is 9.59 Å². The highest BCUT2D eigenvalue weighted by Gasteiger charge is 2.41. The summed E-state index contributed by atoms with van der Waals surface area (Å²) in [6.07, 6.45) is 3.97. The SMILES string of the molecule is CC1NC(C)C(C)N(C(=O)[C@@H]2CCCN(C3CCN(C(=O)c4c5ccccc5cc5ccccc45)CC3)C2)C1C. The van der Waals surface area contributed by atoms with Gasteiger partial charge in [-0.1, -0.05) is 48.5 Å². The predicted molar refractivity (Wildman–Crippen MR) is 163 cm³/mol. The average Bonchev–Trinajstić information content (AvgIpc) is 2.98. The zero-order chi connectivity index (χ0) is 28.0. The highest BCUT2D eigenvalue weighted by atomic mass is 16.2. The fourth-order valence-electron chi connectivity index (χ4n) is 7.53. The van der Waals surface area contributed by atoms with Crippen LogP contribution in [0.1, 0.15) is 63.7 Å². The molecule has 212 valence electrons. The van der Waals surface area contributed by atoms with Crippen molar-refractivity contribution in [3.05, 3.63) is 60.2 Å². The highest BCUT2D eigenvalue weighted by Crippen LogP contribution is 2.32. The number of piperazine rings is 1. The van der Waals surface area contributed by atoms with Gasteiger partial charge in [0.25, 0.3) is 5.91 Å². The van der Waals surface area contributed by atoms with Gasteiger partial charge >= 0.3 is 0 Å². The van der Waals surface area contributed by atoms with E-state index in [1.54, 1.807) is 0 Å². The molecule has 0 saturated carbocycles. The third-order valence-electron chi connectivity index (χ3n) is 10.2. The number of hydrogen-bond donors (Lipinski definition) is 1. The van der Waals surface area contributed by atoms with E-state index in [4.69, 9.17) is 0 Å². The third-order valence-corrected chi connectivity index (χ3v) is 10.2. The van der Waals surface area contributed by atoms with E-state index in [0.717, 1.165) is 79.0 Å². The quantitative estimate of drug-likeness (QED) is 0.459. The lowest BCUT2D eigenvalue weighted by Crippen LogP contribution is -2.66. The summed E-state index contributed by atoms with van der Waals surface area (Å²) in [7, 11) is 0. The number of nitrogens with one attached hydrogen (secondary N) is 1. The Morgan fingerprint density at radius 3 is 1.95 bits per heavy atom. The average molecular weight is 541 g/mol. The Balaban J connectivity index is 1.14. The molecule has 3 aromatic rings. The third kappa shape index (κ3) is 4.90. The van der Waals surface area contributed by atoms with Crippen LogP contribution in [0.3, 0.4) is 0 Å². The first-order chi connectivity index (χ1) is 19.3. The maximum atomic E-state index is 14.0. The van der Waals surface area contributed by atoms with Gasteiger partial charge in [0, 0.05) is 49.8 Å². The lowest BCUT2D eigenvalue weighted by atomic mass is 9.89. The first kappa shape index (κ1) is 27.2. The number of fused-ring (bicyclic) bond motifs is 2. The summed E-state index contributed by atoms with van der Waals surface area (Å²) in [6.45, 7) is 12.2. The van der Waals surface area contributed by atoms with Gasteiger partial charge in [0.15, 0.2) is 0 Å².